The SMILES string of the molecule is COc1ccccc1[C@H](CNC(=O)c1ccc([N+](=O)[O-])c(C)c1)[NH+](C)C. The summed E-state index contributed by atoms with van der Waals surface area (Å²) in [6, 6.07) is 12.1. The van der Waals surface area contributed by atoms with Gasteiger partial charge in [0.05, 0.1) is 38.2 Å². The summed E-state index contributed by atoms with van der Waals surface area (Å²) in [6.45, 7) is 2.04. The van der Waals surface area contributed by atoms with Crippen molar-refractivity contribution in [2.24, 2.45) is 0 Å². The molecule has 2 aromatic carbocycles. The van der Waals surface area contributed by atoms with Crippen LogP contribution >= 0.6 is 0 Å². The quantitative estimate of drug-likeness (QED) is 0.581. The smallest absolute Gasteiger partial charge is 0.272 e. The number of aryl methyl sites for hydroxylation is 1. The van der Waals surface area contributed by atoms with Crippen LogP contribution in [0.3, 0.4) is 0 Å². The van der Waals surface area contributed by atoms with Crippen LogP contribution in [0.4, 0.5) is 5.69 Å². The van der Waals surface area contributed by atoms with Gasteiger partial charge in [0.15, 0.2) is 0 Å². The Morgan fingerprint density at radius 2 is 1.96 bits per heavy atom. The molecule has 0 aromatic heterocycles. The zero-order valence-corrected chi connectivity index (χ0v) is 15.4. The van der Waals surface area contributed by atoms with Crippen molar-refractivity contribution < 1.29 is 19.4 Å². The van der Waals surface area contributed by atoms with Gasteiger partial charge in [-0.25, -0.2) is 0 Å². The predicted molar refractivity (Wildman–Crippen MR) is 98.7 cm³/mol. The van der Waals surface area contributed by atoms with E-state index in [1.54, 1.807) is 14.0 Å². The van der Waals surface area contributed by atoms with E-state index in [4.69, 9.17) is 4.74 Å². The number of carbonyl (C=O) groups excluding carboxylic acids is 1. The third-order valence-electron chi connectivity index (χ3n) is 4.33. The summed E-state index contributed by atoms with van der Waals surface area (Å²) in [7, 11) is 5.65. The number of methoxy groups -OCH3 is 1. The minimum atomic E-state index is -0.454. The minimum absolute atomic E-state index is 0.00573. The van der Waals surface area contributed by atoms with Gasteiger partial charge < -0.3 is 15.0 Å². The number of hydrogen-bond donors (Lipinski definition) is 2. The fraction of sp³-hybridized carbons (Fsp3) is 0.316. The van der Waals surface area contributed by atoms with E-state index in [0.717, 1.165) is 16.2 Å². The van der Waals surface area contributed by atoms with Crippen LogP contribution < -0.4 is 15.0 Å². The summed E-state index contributed by atoms with van der Waals surface area (Å²) in [5.74, 6) is 0.517. The summed E-state index contributed by atoms with van der Waals surface area (Å²) in [5, 5.41) is 13.8. The Hall–Kier alpha value is -2.93. The number of benzene rings is 2. The highest BCUT2D eigenvalue weighted by molar-refractivity contribution is 5.94. The molecule has 0 saturated heterocycles. The Morgan fingerprint density at radius 3 is 2.54 bits per heavy atom. The lowest BCUT2D eigenvalue weighted by Crippen LogP contribution is -3.07. The van der Waals surface area contributed by atoms with Crippen LogP contribution in [0.2, 0.25) is 0 Å². The van der Waals surface area contributed by atoms with Crippen molar-refractivity contribution in [1.29, 1.82) is 0 Å². The highest BCUT2D eigenvalue weighted by atomic mass is 16.6. The lowest BCUT2D eigenvalue weighted by molar-refractivity contribution is -0.890. The third-order valence-corrected chi connectivity index (χ3v) is 4.33. The molecular formula is C19H24N3O4+. The van der Waals surface area contributed by atoms with Crippen molar-refractivity contribution in [3.63, 3.8) is 0 Å². The first-order valence-corrected chi connectivity index (χ1v) is 8.31. The molecule has 0 aliphatic rings. The summed E-state index contributed by atoms with van der Waals surface area (Å²) in [5.41, 5.74) is 1.88. The molecule has 1 atom stereocenters. The monoisotopic (exact) mass is 358 g/mol. The average molecular weight is 358 g/mol. The highest BCUT2D eigenvalue weighted by Gasteiger charge is 2.23. The zero-order chi connectivity index (χ0) is 19.3. The van der Waals surface area contributed by atoms with Crippen LogP contribution in [0.1, 0.15) is 27.5 Å². The van der Waals surface area contributed by atoms with Gasteiger partial charge in [-0.3, -0.25) is 14.9 Å². The molecular weight excluding hydrogens is 334 g/mol. The van der Waals surface area contributed by atoms with E-state index >= 15 is 0 Å². The van der Waals surface area contributed by atoms with Crippen molar-refractivity contribution in [2.75, 3.05) is 27.7 Å². The van der Waals surface area contributed by atoms with E-state index in [0.29, 0.717) is 17.7 Å². The lowest BCUT2D eigenvalue weighted by atomic mass is 10.0. The van der Waals surface area contributed by atoms with Crippen molar-refractivity contribution in [3.05, 3.63) is 69.3 Å². The number of nitro benzene ring substituents is 1. The van der Waals surface area contributed by atoms with E-state index in [2.05, 4.69) is 5.32 Å². The molecule has 7 nitrogen and oxygen atoms in total. The van der Waals surface area contributed by atoms with Crippen LogP contribution in [0.15, 0.2) is 42.5 Å². The summed E-state index contributed by atoms with van der Waals surface area (Å²) in [6.07, 6.45) is 0. The van der Waals surface area contributed by atoms with E-state index in [-0.39, 0.29) is 17.6 Å². The summed E-state index contributed by atoms with van der Waals surface area (Å²) in [4.78, 5) is 24.1. The molecule has 0 unspecified atom stereocenters. The highest BCUT2D eigenvalue weighted by Crippen LogP contribution is 2.23. The minimum Gasteiger partial charge on any atom is -0.496 e. The number of nitrogens with one attached hydrogen (secondary N) is 2. The number of nitro groups is 1. The number of nitrogens with zero attached hydrogens (tertiary/aromatic N) is 1. The van der Waals surface area contributed by atoms with Gasteiger partial charge in [-0.2, -0.15) is 0 Å². The molecule has 0 aliphatic heterocycles. The molecule has 0 radical (unpaired) electrons. The first kappa shape index (κ1) is 19.4. The number of ether oxygens (including phenoxy) is 1. The van der Waals surface area contributed by atoms with E-state index in [9.17, 15) is 14.9 Å². The lowest BCUT2D eigenvalue weighted by Gasteiger charge is -2.23. The molecule has 2 aromatic rings. The largest absolute Gasteiger partial charge is 0.496 e. The Labute approximate surface area is 152 Å². The molecule has 26 heavy (non-hydrogen) atoms. The van der Waals surface area contributed by atoms with Gasteiger partial charge in [-0.1, -0.05) is 12.1 Å². The molecule has 0 heterocycles. The Balaban J connectivity index is 2.15. The number of para-hydroxylation sites is 1. The summed E-state index contributed by atoms with van der Waals surface area (Å²) >= 11 is 0. The number of quaternary nitrogens is 1. The molecule has 2 N–H and O–H groups in total. The number of carbonyl (C=O) groups is 1. The first-order chi connectivity index (χ1) is 12.3. The first-order valence-electron chi connectivity index (χ1n) is 8.31. The van der Waals surface area contributed by atoms with Crippen LogP contribution in [0.5, 0.6) is 5.75 Å². The normalized spacial score (nSPS) is 11.9. The van der Waals surface area contributed by atoms with Gasteiger partial charge in [-0.05, 0) is 31.2 Å². The fourth-order valence-electron chi connectivity index (χ4n) is 2.88. The third kappa shape index (κ3) is 4.37. The maximum Gasteiger partial charge on any atom is 0.272 e. The standard InChI is InChI=1S/C19H23N3O4/c1-13-11-14(9-10-16(13)22(24)25)19(23)20-12-17(21(2)3)15-7-5-6-8-18(15)26-4/h5-11,17H,12H2,1-4H3,(H,20,23)/p+1/t17-/m0/s1. The van der Waals surface area contributed by atoms with Gasteiger partial charge in [-0.15, -0.1) is 0 Å². The number of hydrogen-bond acceptors (Lipinski definition) is 4. The number of likely N-dealkylation sites (N-methyl/N-ethyl adjacent to an activating group) is 1. The molecule has 1 amide bonds. The molecule has 0 fully saturated rings. The van der Waals surface area contributed by atoms with E-state index in [1.807, 2.05) is 38.4 Å². The molecule has 7 heteroatoms. The van der Waals surface area contributed by atoms with Gasteiger partial charge in [0.2, 0.25) is 0 Å². The Kier molecular flexibility index (Phi) is 6.30. The predicted octanol–water partition coefficient (Wildman–Crippen LogP) is 1.53. The van der Waals surface area contributed by atoms with Crippen LogP contribution in [0, 0.1) is 17.0 Å². The van der Waals surface area contributed by atoms with Gasteiger partial charge in [0, 0.05) is 17.2 Å². The van der Waals surface area contributed by atoms with Crippen molar-refractivity contribution in [3.8, 4) is 5.75 Å². The van der Waals surface area contributed by atoms with Crippen molar-refractivity contribution >= 4 is 11.6 Å². The van der Waals surface area contributed by atoms with Gasteiger partial charge in [0.25, 0.3) is 11.6 Å². The van der Waals surface area contributed by atoms with E-state index in [1.165, 1.54) is 18.2 Å². The summed E-state index contributed by atoms with van der Waals surface area (Å²) < 4.78 is 5.43. The Morgan fingerprint density at radius 1 is 1.27 bits per heavy atom. The number of amides is 1. The topological polar surface area (TPSA) is 85.9 Å². The van der Waals surface area contributed by atoms with Crippen LogP contribution in [-0.4, -0.2) is 38.6 Å². The maximum absolute atomic E-state index is 12.5. The van der Waals surface area contributed by atoms with Gasteiger partial charge in [0.1, 0.15) is 11.8 Å². The second kappa shape index (κ2) is 8.44. The Bertz CT molecular complexity index is 805. The molecule has 0 aliphatic carbocycles. The number of rotatable bonds is 7. The van der Waals surface area contributed by atoms with Crippen molar-refractivity contribution in [2.45, 2.75) is 13.0 Å². The second-order valence-corrected chi connectivity index (χ2v) is 6.34. The molecule has 0 saturated carbocycles. The molecule has 0 spiro atoms. The molecule has 138 valence electrons. The maximum atomic E-state index is 12.5. The molecule has 0 bridgehead atoms. The van der Waals surface area contributed by atoms with Crippen molar-refractivity contribution in [1.82, 2.24) is 5.32 Å². The average Bonchev–Trinajstić information content (AvgIpc) is 2.61. The zero-order valence-electron chi connectivity index (χ0n) is 15.4. The van der Waals surface area contributed by atoms with E-state index < -0.39 is 4.92 Å². The second-order valence-electron chi connectivity index (χ2n) is 6.34. The fourth-order valence-corrected chi connectivity index (χ4v) is 2.88. The van der Waals surface area contributed by atoms with Crippen LogP contribution in [-0.2, 0) is 0 Å². The molecule has 2 rings (SSSR count). The van der Waals surface area contributed by atoms with Gasteiger partial charge >= 0.3 is 0 Å². The van der Waals surface area contributed by atoms with Crippen LogP contribution in [0.25, 0.3) is 0 Å².